The third kappa shape index (κ3) is 5.75. The number of alkyl halides is 6. The fourth-order valence-electron chi connectivity index (χ4n) is 3.30. The molecule has 2 aromatic rings. The van der Waals surface area contributed by atoms with Crippen LogP contribution in [0.3, 0.4) is 0 Å². The minimum Gasteiger partial charge on any atom is -0.406 e. The Morgan fingerprint density at radius 1 is 1.06 bits per heavy atom. The number of rotatable bonds is 7. The van der Waals surface area contributed by atoms with Crippen LogP contribution in [0.15, 0.2) is 41.6 Å². The van der Waals surface area contributed by atoms with Crippen LogP contribution in [0.25, 0.3) is 0 Å². The highest BCUT2D eigenvalue weighted by atomic mass is 32.2. The number of ether oxygens (including phenoxy) is 1. The minimum atomic E-state index is -4.95. The van der Waals surface area contributed by atoms with Crippen LogP contribution in [0.4, 0.5) is 26.3 Å². The number of aromatic nitrogens is 2. The molecule has 174 valence electrons. The van der Waals surface area contributed by atoms with Crippen molar-refractivity contribution in [2.75, 3.05) is 0 Å². The second kappa shape index (κ2) is 8.68. The van der Waals surface area contributed by atoms with Gasteiger partial charge in [-0.2, -0.15) is 13.2 Å². The summed E-state index contributed by atoms with van der Waals surface area (Å²) in [5, 5.41) is -0.807. The number of benzene rings is 1. The summed E-state index contributed by atoms with van der Waals surface area (Å²) in [5.74, 6) is -2.59. The van der Waals surface area contributed by atoms with Crippen LogP contribution >= 0.6 is 0 Å². The summed E-state index contributed by atoms with van der Waals surface area (Å²) < 4.78 is 103. The van der Waals surface area contributed by atoms with E-state index in [4.69, 9.17) is 0 Å². The number of hydrogen-bond acceptors (Lipinski definition) is 6. The molecule has 0 amide bonds. The van der Waals surface area contributed by atoms with E-state index in [9.17, 15) is 39.6 Å². The van der Waals surface area contributed by atoms with E-state index in [-0.39, 0.29) is 35.6 Å². The van der Waals surface area contributed by atoms with E-state index in [0.717, 1.165) is 30.6 Å². The fourth-order valence-corrected chi connectivity index (χ4v) is 5.29. The summed E-state index contributed by atoms with van der Waals surface area (Å²) >= 11 is 0. The Bertz CT molecular complexity index is 1080. The number of Topliss-reactive ketones (excluding diaryl/α,β-unsaturated/α-hetero) is 1. The second-order valence-electron chi connectivity index (χ2n) is 7.28. The van der Waals surface area contributed by atoms with Crippen LogP contribution in [0.2, 0.25) is 0 Å². The first-order valence-electron chi connectivity index (χ1n) is 9.28. The molecule has 0 radical (unpaired) electrons. The lowest BCUT2D eigenvalue weighted by Crippen LogP contribution is -2.36. The number of hydrogen-bond donors (Lipinski definition) is 0. The summed E-state index contributed by atoms with van der Waals surface area (Å²) in [4.78, 5) is 18.1. The highest BCUT2D eigenvalue weighted by Gasteiger charge is 2.40. The van der Waals surface area contributed by atoms with Crippen LogP contribution in [0.1, 0.15) is 41.9 Å². The van der Waals surface area contributed by atoms with Gasteiger partial charge >= 0.3 is 12.5 Å². The summed E-state index contributed by atoms with van der Waals surface area (Å²) in [6.45, 7) is 0. The first-order valence-corrected chi connectivity index (χ1v) is 10.8. The van der Waals surface area contributed by atoms with Crippen molar-refractivity contribution in [1.29, 1.82) is 0 Å². The van der Waals surface area contributed by atoms with Gasteiger partial charge in [0.25, 0.3) is 0 Å². The lowest BCUT2D eigenvalue weighted by atomic mass is 9.81. The number of carbonyl (C=O) groups excluding carboxylic acids is 1. The van der Waals surface area contributed by atoms with Crippen molar-refractivity contribution in [1.82, 2.24) is 9.97 Å². The van der Waals surface area contributed by atoms with E-state index in [2.05, 4.69) is 14.7 Å². The van der Waals surface area contributed by atoms with Crippen LogP contribution in [-0.2, 0) is 16.0 Å². The molecule has 1 aliphatic carbocycles. The predicted molar refractivity (Wildman–Crippen MR) is 97.4 cm³/mol. The lowest BCUT2D eigenvalue weighted by Gasteiger charge is -2.34. The average molecular weight is 482 g/mol. The largest absolute Gasteiger partial charge is 0.573 e. The molecule has 0 unspecified atom stereocenters. The molecule has 1 aromatic heterocycles. The van der Waals surface area contributed by atoms with Gasteiger partial charge in [0.2, 0.25) is 5.82 Å². The van der Waals surface area contributed by atoms with Crippen LogP contribution in [-0.4, -0.2) is 35.8 Å². The average Bonchev–Trinajstić information content (AvgIpc) is 2.64. The molecule has 1 heterocycles. The van der Waals surface area contributed by atoms with Crippen molar-refractivity contribution >= 4 is 15.6 Å². The number of ketones is 1. The molecule has 0 N–H and O–H groups in total. The Hall–Kier alpha value is -2.70. The van der Waals surface area contributed by atoms with Crippen LogP contribution in [0, 0.1) is 5.92 Å². The molecule has 32 heavy (non-hydrogen) atoms. The zero-order valence-electron chi connectivity index (χ0n) is 16.2. The smallest absolute Gasteiger partial charge is 0.406 e. The first kappa shape index (κ1) is 24.0. The molecule has 13 heteroatoms. The molecule has 1 aliphatic rings. The lowest BCUT2D eigenvalue weighted by molar-refractivity contribution is -0.274. The summed E-state index contributed by atoms with van der Waals surface area (Å²) in [6, 6.07) is 4.13. The molecule has 1 fully saturated rings. The molecule has 0 saturated heterocycles. The summed E-state index contributed by atoms with van der Waals surface area (Å²) in [7, 11) is -3.88. The Morgan fingerprint density at radius 2 is 1.69 bits per heavy atom. The Kier molecular flexibility index (Phi) is 6.50. The van der Waals surface area contributed by atoms with Gasteiger partial charge in [-0.1, -0.05) is 6.07 Å². The summed E-state index contributed by atoms with van der Waals surface area (Å²) in [6.07, 6.45) is -7.37. The minimum absolute atomic E-state index is 0.0267. The first-order chi connectivity index (χ1) is 14.8. The highest BCUT2D eigenvalue weighted by Crippen LogP contribution is 2.39. The zero-order valence-corrected chi connectivity index (χ0v) is 17.0. The Balaban J connectivity index is 1.53. The molecule has 0 aliphatic heterocycles. The number of sulfone groups is 1. The van der Waals surface area contributed by atoms with E-state index in [0.29, 0.717) is 6.42 Å². The predicted octanol–water partition coefficient (Wildman–Crippen LogP) is 4.61. The highest BCUT2D eigenvalue weighted by molar-refractivity contribution is 7.92. The Labute approximate surface area is 178 Å². The van der Waals surface area contributed by atoms with Gasteiger partial charge < -0.3 is 4.74 Å². The molecule has 0 atom stereocenters. The maximum atomic E-state index is 12.6. The van der Waals surface area contributed by atoms with Crippen molar-refractivity contribution in [3.05, 3.63) is 48.0 Å². The SMILES string of the molecule is O=C(CCC1CC(S(=O)(=O)c2cccc(OC(F)(F)F)c2)C1)c1cnc(C(F)(F)F)nc1. The van der Waals surface area contributed by atoms with Gasteiger partial charge in [-0.3, -0.25) is 4.79 Å². The standard InChI is InChI=1S/C19H16F6N2O4S/c20-18(21,22)17-26-9-12(10-27-17)16(28)5-4-11-6-15(7-11)32(29,30)14-3-1-2-13(8-14)31-19(23,24)25/h1-3,8-11,15H,4-7H2. The van der Waals surface area contributed by atoms with Crippen molar-refractivity contribution in [2.24, 2.45) is 5.92 Å². The van der Waals surface area contributed by atoms with E-state index >= 15 is 0 Å². The number of halogens is 6. The molecular weight excluding hydrogens is 466 g/mol. The van der Waals surface area contributed by atoms with Gasteiger partial charge in [0, 0.05) is 18.8 Å². The van der Waals surface area contributed by atoms with Crippen molar-refractivity contribution in [3.8, 4) is 5.75 Å². The maximum absolute atomic E-state index is 12.6. The molecule has 0 spiro atoms. The molecular formula is C19H16F6N2O4S. The van der Waals surface area contributed by atoms with Crippen LogP contribution < -0.4 is 4.74 Å². The van der Waals surface area contributed by atoms with Gasteiger partial charge in [0.1, 0.15) is 5.75 Å². The van der Waals surface area contributed by atoms with E-state index < -0.39 is 45.0 Å². The fraction of sp³-hybridized carbons (Fsp3) is 0.421. The number of nitrogens with zero attached hydrogens (tertiary/aromatic N) is 2. The van der Waals surface area contributed by atoms with E-state index in [1.54, 1.807) is 0 Å². The van der Waals surface area contributed by atoms with Gasteiger partial charge in [-0.25, -0.2) is 18.4 Å². The van der Waals surface area contributed by atoms with Gasteiger partial charge in [-0.05, 0) is 43.4 Å². The molecule has 1 aromatic carbocycles. The summed E-state index contributed by atoms with van der Waals surface area (Å²) in [5.41, 5.74) is -0.0806. The van der Waals surface area contributed by atoms with Gasteiger partial charge in [-0.15, -0.1) is 13.2 Å². The Morgan fingerprint density at radius 3 is 2.25 bits per heavy atom. The molecule has 6 nitrogen and oxygen atoms in total. The third-order valence-corrected chi connectivity index (χ3v) is 7.18. The maximum Gasteiger partial charge on any atom is 0.573 e. The monoisotopic (exact) mass is 482 g/mol. The molecule has 3 rings (SSSR count). The quantitative estimate of drug-likeness (QED) is 0.423. The third-order valence-electron chi connectivity index (χ3n) is 5.01. The molecule has 1 saturated carbocycles. The van der Waals surface area contributed by atoms with E-state index in [1.165, 1.54) is 6.07 Å². The van der Waals surface area contributed by atoms with Gasteiger partial charge in [0.05, 0.1) is 15.7 Å². The zero-order chi connectivity index (χ0) is 23.7. The van der Waals surface area contributed by atoms with Crippen LogP contribution in [0.5, 0.6) is 5.75 Å². The van der Waals surface area contributed by atoms with Crippen molar-refractivity contribution in [2.45, 2.75) is 48.4 Å². The van der Waals surface area contributed by atoms with Crippen molar-refractivity contribution in [3.63, 3.8) is 0 Å². The molecule has 0 bridgehead atoms. The second-order valence-corrected chi connectivity index (χ2v) is 9.51. The van der Waals surface area contributed by atoms with E-state index in [1.807, 2.05) is 0 Å². The van der Waals surface area contributed by atoms with Crippen molar-refractivity contribution < 1.29 is 44.3 Å². The van der Waals surface area contributed by atoms with Gasteiger partial charge in [0.15, 0.2) is 15.6 Å². The number of carbonyl (C=O) groups is 1. The topological polar surface area (TPSA) is 86.2 Å². The normalized spacial score (nSPS) is 19.3.